The predicted octanol–water partition coefficient (Wildman–Crippen LogP) is 1.11. The minimum Gasteiger partial charge on any atom is -0.508 e. The van der Waals surface area contributed by atoms with Gasteiger partial charge in [-0.3, -0.25) is 4.79 Å². The van der Waals surface area contributed by atoms with Crippen LogP contribution in [0.5, 0.6) is 5.75 Å². The molecule has 1 atom stereocenters. The van der Waals surface area contributed by atoms with Crippen LogP contribution in [0, 0.1) is 0 Å². The first kappa shape index (κ1) is 16.5. The summed E-state index contributed by atoms with van der Waals surface area (Å²) in [6.45, 7) is 1.86. The molecular formula is C13H19NO5S. The summed E-state index contributed by atoms with van der Waals surface area (Å²) < 4.78 is 25.7. The summed E-state index contributed by atoms with van der Waals surface area (Å²) >= 11 is 0. The van der Waals surface area contributed by atoms with E-state index < -0.39 is 22.0 Å². The number of hydrogen-bond donors (Lipinski definition) is 3. The smallest absolute Gasteiger partial charge is 0.322 e. The van der Waals surface area contributed by atoms with E-state index in [1.165, 1.54) is 12.1 Å². The summed E-state index contributed by atoms with van der Waals surface area (Å²) in [6, 6.07) is 4.78. The minimum atomic E-state index is -3.60. The van der Waals surface area contributed by atoms with Crippen LogP contribution in [0.4, 0.5) is 0 Å². The molecule has 0 radical (unpaired) electrons. The molecule has 20 heavy (non-hydrogen) atoms. The maximum atomic E-state index is 11.7. The van der Waals surface area contributed by atoms with Crippen molar-refractivity contribution in [3.63, 3.8) is 0 Å². The van der Waals surface area contributed by atoms with Crippen molar-refractivity contribution in [1.82, 2.24) is 4.72 Å². The highest BCUT2D eigenvalue weighted by atomic mass is 32.2. The van der Waals surface area contributed by atoms with Crippen LogP contribution >= 0.6 is 0 Å². The van der Waals surface area contributed by atoms with Crippen molar-refractivity contribution >= 4 is 16.0 Å². The molecule has 0 aliphatic carbocycles. The third-order valence-corrected chi connectivity index (χ3v) is 4.23. The highest BCUT2D eigenvalue weighted by Gasteiger charge is 2.23. The molecule has 0 spiro atoms. The second-order valence-corrected chi connectivity index (χ2v) is 6.43. The van der Waals surface area contributed by atoms with E-state index in [0.717, 1.165) is 6.42 Å². The lowest BCUT2D eigenvalue weighted by Gasteiger charge is -2.14. The monoisotopic (exact) mass is 301 g/mol. The Morgan fingerprint density at radius 3 is 2.40 bits per heavy atom. The van der Waals surface area contributed by atoms with E-state index >= 15 is 0 Å². The molecule has 0 amide bonds. The summed E-state index contributed by atoms with van der Waals surface area (Å²) in [4.78, 5) is 11.1. The summed E-state index contributed by atoms with van der Waals surface area (Å²) in [7, 11) is -3.60. The number of phenolic OH excluding ortho intramolecular Hbond substituents is 1. The molecule has 6 nitrogen and oxygen atoms in total. The average Bonchev–Trinajstić information content (AvgIpc) is 2.38. The van der Waals surface area contributed by atoms with Crippen LogP contribution in [0.15, 0.2) is 24.3 Å². The number of benzene rings is 1. The molecule has 0 unspecified atom stereocenters. The Labute approximate surface area is 118 Å². The van der Waals surface area contributed by atoms with Crippen LogP contribution in [0.1, 0.15) is 25.3 Å². The molecular weight excluding hydrogens is 282 g/mol. The van der Waals surface area contributed by atoms with E-state index in [4.69, 9.17) is 10.2 Å². The van der Waals surface area contributed by atoms with Gasteiger partial charge in [-0.15, -0.1) is 0 Å². The van der Waals surface area contributed by atoms with Gasteiger partial charge in [0.15, 0.2) is 0 Å². The molecule has 1 rings (SSSR count). The zero-order chi connectivity index (χ0) is 15.2. The number of carboxylic acids is 1. The molecule has 0 heterocycles. The third kappa shape index (κ3) is 5.58. The van der Waals surface area contributed by atoms with Gasteiger partial charge in [-0.1, -0.05) is 25.5 Å². The second kappa shape index (κ2) is 7.25. The molecule has 3 N–H and O–H groups in total. The van der Waals surface area contributed by atoms with Crippen molar-refractivity contribution < 1.29 is 23.4 Å². The van der Waals surface area contributed by atoms with Crippen molar-refractivity contribution in [2.45, 2.75) is 32.2 Å². The third-order valence-electron chi connectivity index (χ3n) is 2.76. The number of sulfonamides is 1. The maximum absolute atomic E-state index is 11.7. The highest BCUT2D eigenvalue weighted by Crippen LogP contribution is 2.12. The molecule has 0 saturated carbocycles. The molecule has 7 heteroatoms. The molecule has 112 valence electrons. The van der Waals surface area contributed by atoms with Crippen LogP contribution in [-0.2, 0) is 21.2 Å². The number of aliphatic carboxylic acids is 1. The van der Waals surface area contributed by atoms with Crippen molar-refractivity contribution in [3.05, 3.63) is 29.8 Å². The quantitative estimate of drug-likeness (QED) is 0.667. The van der Waals surface area contributed by atoms with Gasteiger partial charge in [0, 0.05) is 0 Å². The maximum Gasteiger partial charge on any atom is 0.322 e. The van der Waals surface area contributed by atoms with E-state index in [1.54, 1.807) is 12.1 Å². The van der Waals surface area contributed by atoms with Gasteiger partial charge >= 0.3 is 5.97 Å². The fourth-order valence-corrected chi connectivity index (χ4v) is 3.06. The van der Waals surface area contributed by atoms with Crippen molar-refractivity contribution in [1.29, 1.82) is 0 Å². The summed E-state index contributed by atoms with van der Waals surface area (Å²) in [5, 5.41) is 18.3. The number of hydrogen-bond acceptors (Lipinski definition) is 4. The molecule has 0 aliphatic heterocycles. The summed E-state index contributed by atoms with van der Waals surface area (Å²) in [5.41, 5.74) is 0.633. The molecule has 1 aromatic rings. The topological polar surface area (TPSA) is 104 Å². The normalized spacial score (nSPS) is 13.1. The molecule has 0 bridgehead atoms. The van der Waals surface area contributed by atoms with E-state index in [-0.39, 0.29) is 17.9 Å². The first-order valence-electron chi connectivity index (χ1n) is 6.35. The van der Waals surface area contributed by atoms with Gasteiger partial charge in [0.05, 0.1) is 5.75 Å². The fraction of sp³-hybridized carbons (Fsp3) is 0.462. The van der Waals surface area contributed by atoms with Crippen LogP contribution in [0.3, 0.4) is 0 Å². The number of unbranched alkanes of at least 4 members (excludes halogenated alkanes) is 1. The Morgan fingerprint density at radius 2 is 1.90 bits per heavy atom. The van der Waals surface area contributed by atoms with Crippen molar-refractivity contribution in [3.8, 4) is 5.75 Å². The van der Waals surface area contributed by atoms with Crippen LogP contribution < -0.4 is 4.72 Å². The Morgan fingerprint density at radius 1 is 1.30 bits per heavy atom. The van der Waals surface area contributed by atoms with Gasteiger partial charge in [-0.2, -0.15) is 0 Å². The van der Waals surface area contributed by atoms with Crippen LogP contribution in [-0.4, -0.2) is 36.4 Å². The van der Waals surface area contributed by atoms with Crippen LogP contribution in [0.2, 0.25) is 0 Å². The van der Waals surface area contributed by atoms with Gasteiger partial charge in [0.2, 0.25) is 10.0 Å². The lowest BCUT2D eigenvalue weighted by molar-refractivity contribution is -0.138. The minimum absolute atomic E-state index is 0.0287. The van der Waals surface area contributed by atoms with E-state index in [0.29, 0.717) is 12.0 Å². The summed E-state index contributed by atoms with van der Waals surface area (Å²) in [5.74, 6) is -1.23. The predicted molar refractivity (Wildman–Crippen MR) is 75.1 cm³/mol. The lowest BCUT2D eigenvalue weighted by atomic mass is 10.1. The zero-order valence-electron chi connectivity index (χ0n) is 11.2. The van der Waals surface area contributed by atoms with E-state index in [9.17, 15) is 13.2 Å². The van der Waals surface area contributed by atoms with Gasteiger partial charge in [-0.25, -0.2) is 13.1 Å². The standard InChI is InChI=1S/C13H19NO5S/c1-2-3-8-20(18,19)14-12(13(16)17)9-10-4-6-11(15)7-5-10/h4-7,12,14-15H,2-3,8-9H2,1H3,(H,16,17)/t12-/m0/s1. The van der Waals surface area contributed by atoms with Gasteiger partial charge < -0.3 is 10.2 Å². The number of phenols is 1. The first-order valence-corrected chi connectivity index (χ1v) is 8.00. The molecule has 0 aliphatic rings. The van der Waals surface area contributed by atoms with Crippen LogP contribution in [0.25, 0.3) is 0 Å². The van der Waals surface area contributed by atoms with E-state index in [1.807, 2.05) is 6.92 Å². The second-order valence-electron chi connectivity index (χ2n) is 4.55. The number of rotatable bonds is 8. The number of carbonyl (C=O) groups is 1. The molecule has 1 aromatic carbocycles. The van der Waals surface area contributed by atoms with Gasteiger partial charge in [0.1, 0.15) is 11.8 Å². The van der Waals surface area contributed by atoms with Gasteiger partial charge in [-0.05, 0) is 30.5 Å². The Bertz CT molecular complexity index is 538. The Kier molecular flexibility index (Phi) is 5.97. The first-order chi connectivity index (χ1) is 9.34. The fourth-order valence-electron chi connectivity index (χ4n) is 1.66. The van der Waals surface area contributed by atoms with Crippen molar-refractivity contribution in [2.75, 3.05) is 5.75 Å². The lowest BCUT2D eigenvalue weighted by Crippen LogP contribution is -2.43. The molecule has 0 saturated heterocycles. The Hall–Kier alpha value is -1.60. The van der Waals surface area contributed by atoms with E-state index in [2.05, 4.69) is 4.72 Å². The average molecular weight is 301 g/mol. The number of nitrogens with one attached hydrogen (secondary N) is 1. The molecule has 0 fully saturated rings. The molecule has 0 aromatic heterocycles. The highest BCUT2D eigenvalue weighted by molar-refractivity contribution is 7.89. The van der Waals surface area contributed by atoms with Crippen molar-refractivity contribution in [2.24, 2.45) is 0 Å². The Balaban J connectivity index is 2.75. The largest absolute Gasteiger partial charge is 0.508 e. The number of carboxylic acid groups (broad SMARTS) is 1. The number of aromatic hydroxyl groups is 1. The van der Waals surface area contributed by atoms with Gasteiger partial charge in [0.25, 0.3) is 0 Å². The SMILES string of the molecule is CCCCS(=O)(=O)N[C@@H](Cc1ccc(O)cc1)C(=O)O. The zero-order valence-corrected chi connectivity index (χ0v) is 12.1. The summed E-state index contributed by atoms with van der Waals surface area (Å²) in [6.07, 6.45) is 1.23.